The molecule has 28 heavy (non-hydrogen) atoms. The molecule has 0 spiro atoms. The van der Waals surface area contributed by atoms with E-state index in [0.717, 1.165) is 27.7 Å². The smallest absolute Gasteiger partial charge is 0.240 e. The number of H-pyrrole nitrogens is 1. The monoisotopic (exact) mass is 404 g/mol. The summed E-state index contributed by atoms with van der Waals surface area (Å²) in [4.78, 5) is 3.46. The number of ether oxygens (including phenoxy) is 1. The van der Waals surface area contributed by atoms with Gasteiger partial charge in [0.2, 0.25) is 10.0 Å². The van der Waals surface area contributed by atoms with E-state index in [4.69, 9.17) is 4.74 Å². The molecule has 0 atom stereocenters. The maximum atomic E-state index is 13.6. The molecule has 1 aromatic heterocycles. The van der Waals surface area contributed by atoms with Gasteiger partial charge in [0.25, 0.3) is 0 Å². The molecule has 0 unspecified atom stereocenters. The Kier molecular flexibility index (Phi) is 5.76. The first-order valence-corrected chi connectivity index (χ1v) is 10.7. The Bertz CT molecular complexity index is 1120. The van der Waals surface area contributed by atoms with Crippen LogP contribution in [0.5, 0.6) is 5.75 Å². The van der Waals surface area contributed by atoms with Crippen molar-refractivity contribution in [2.45, 2.75) is 39.0 Å². The summed E-state index contributed by atoms with van der Waals surface area (Å²) in [6.07, 6.45) is 0.462. The fraction of sp³-hybridized carbons (Fsp3) is 0.333. The second-order valence-electron chi connectivity index (χ2n) is 6.81. The number of nitrogens with one attached hydrogen (secondary N) is 2. The number of sulfonamides is 1. The van der Waals surface area contributed by atoms with Gasteiger partial charge in [0.15, 0.2) is 0 Å². The SMILES string of the molecule is CCOc1ccc(S(=O)(=O)NCCc2c(C)[nH]c3ccc(F)cc23)c(C)c1C. The van der Waals surface area contributed by atoms with Crippen molar-refractivity contribution in [3.05, 3.63) is 58.5 Å². The largest absolute Gasteiger partial charge is 0.494 e. The van der Waals surface area contributed by atoms with E-state index in [0.29, 0.717) is 24.3 Å². The van der Waals surface area contributed by atoms with Crippen LogP contribution in [0, 0.1) is 26.6 Å². The van der Waals surface area contributed by atoms with Crippen molar-refractivity contribution < 1.29 is 17.5 Å². The van der Waals surface area contributed by atoms with Crippen LogP contribution < -0.4 is 9.46 Å². The average molecular weight is 405 g/mol. The van der Waals surface area contributed by atoms with Crippen LogP contribution in [0.1, 0.15) is 29.3 Å². The van der Waals surface area contributed by atoms with Gasteiger partial charge in [-0.2, -0.15) is 0 Å². The Balaban J connectivity index is 1.79. The number of halogens is 1. The molecule has 5 nitrogen and oxygen atoms in total. The number of rotatable bonds is 7. The zero-order valence-electron chi connectivity index (χ0n) is 16.5. The third kappa shape index (κ3) is 3.91. The van der Waals surface area contributed by atoms with Gasteiger partial charge in [0.05, 0.1) is 11.5 Å². The van der Waals surface area contributed by atoms with Crippen molar-refractivity contribution in [1.29, 1.82) is 0 Å². The minimum Gasteiger partial charge on any atom is -0.494 e. The number of hydrogen-bond donors (Lipinski definition) is 2. The van der Waals surface area contributed by atoms with E-state index in [2.05, 4.69) is 9.71 Å². The molecule has 0 aliphatic carbocycles. The van der Waals surface area contributed by atoms with Crippen molar-refractivity contribution in [1.82, 2.24) is 9.71 Å². The van der Waals surface area contributed by atoms with Gasteiger partial charge < -0.3 is 9.72 Å². The van der Waals surface area contributed by atoms with Crippen LogP contribution in [0.15, 0.2) is 35.2 Å². The molecule has 0 radical (unpaired) electrons. The second-order valence-corrected chi connectivity index (χ2v) is 8.55. The fourth-order valence-electron chi connectivity index (χ4n) is 3.44. The summed E-state index contributed by atoms with van der Waals surface area (Å²) in [6.45, 7) is 8.16. The van der Waals surface area contributed by atoms with Crippen LogP contribution >= 0.6 is 0 Å². The lowest BCUT2D eigenvalue weighted by Crippen LogP contribution is -2.27. The molecule has 0 bridgehead atoms. The molecule has 150 valence electrons. The molecule has 0 amide bonds. The van der Waals surface area contributed by atoms with Crippen molar-refractivity contribution in [3.8, 4) is 5.75 Å². The highest BCUT2D eigenvalue weighted by atomic mass is 32.2. The molecule has 3 rings (SSSR count). The van der Waals surface area contributed by atoms with E-state index in [-0.39, 0.29) is 17.3 Å². The molecule has 0 aliphatic rings. The third-order valence-electron chi connectivity index (χ3n) is 5.03. The van der Waals surface area contributed by atoms with E-state index in [1.54, 1.807) is 25.1 Å². The van der Waals surface area contributed by atoms with E-state index in [9.17, 15) is 12.8 Å². The van der Waals surface area contributed by atoms with Gasteiger partial charge in [-0.3, -0.25) is 0 Å². The van der Waals surface area contributed by atoms with Gasteiger partial charge in [-0.15, -0.1) is 0 Å². The van der Waals surface area contributed by atoms with E-state index >= 15 is 0 Å². The van der Waals surface area contributed by atoms with Gasteiger partial charge >= 0.3 is 0 Å². The van der Waals surface area contributed by atoms with Crippen LogP contribution in [0.2, 0.25) is 0 Å². The number of fused-ring (bicyclic) bond motifs is 1. The summed E-state index contributed by atoms with van der Waals surface area (Å²) in [5.41, 5.74) is 4.15. The first-order chi connectivity index (χ1) is 13.2. The van der Waals surface area contributed by atoms with Gasteiger partial charge in [0.1, 0.15) is 11.6 Å². The van der Waals surface area contributed by atoms with Crippen molar-refractivity contribution >= 4 is 20.9 Å². The molecule has 0 saturated carbocycles. The minimum absolute atomic E-state index is 0.221. The summed E-state index contributed by atoms with van der Waals surface area (Å²) >= 11 is 0. The zero-order valence-corrected chi connectivity index (χ0v) is 17.3. The molecule has 2 N–H and O–H groups in total. The van der Waals surface area contributed by atoms with Crippen LogP contribution in [-0.2, 0) is 16.4 Å². The summed E-state index contributed by atoms with van der Waals surface area (Å²) < 4.78 is 47.4. The van der Waals surface area contributed by atoms with E-state index in [1.165, 1.54) is 12.1 Å². The minimum atomic E-state index is -3.66. The van der Waals surface area contributed by atoms with Gasteiger partial charge in [-0.25, -0.2) is 17.5 Å². The number of aromatic nitrogens is 1. The summed E-state index contributed by atoms with van der Waals surface area (Å²) in [7, 11) is -3.66. The van der Waals surface area contributed by atoms with Crippen molar-refractivity contribution in [2.24, 2.45) is 0 Å². The van der Waals surface area contributed by atoms with E-state index in [1.807, 2.05) is 20.8 Å². The lowest BCUT2D eigenvalue weighted by molar-refractivity contribution is 0.337. The molecule has 1 heterocycles. The molecular formula is C21H25FN2O3S. The number of benzene rings is 2. The van der Waals surface area contributed by atoms with Crippen LogP contribution in [0.25, 0.3) is 10.9 Å². The Hall–Kier alpha value is -2.38. The molecule has 3 aromatic rings. The highest BCUT2D eigenvalue weighted by Gasteiger charge is 2.20. The van der Waals surface area contributed by atoms with Gasteiger partial charge in [0, 0.05) is 23.1 Å². The number of hydrogen-bond acceptors (Lipinski definition) is 3. The Morgan fingerprint density at radius 3 is 2.57 bits per heavy atom. The maximum Gasteiger partial charge on any atom is 0.240 e. The highest BCUT2D eigenvalue weighted by Crippen LogP contribution is 2.27. The normalized spacial score (nSPS) is 11.9. The van der Waals surface area contributed by atoms with Gasteiger partial charge in [-0.1, -0.05) is 0 Å². The summed E-state index contributed by atoms with van der Waals surface area (Å²) in [5.74, 6) is 0.379. The van der Waals surface area contributed by atoms with Crippen molar-refractivity contribution in [2.75, 3.05) is 13.2 Å². The predicted molar refractivity (Wildman–Crippen MR) is 109 cm³/mol. The number of aryl methyl sites for hydroxylation is 1. The van der Waals surface area contributed by atoms with E-state index < -0.39 is 10.0 Å². The zero-order chi connectivity index (χ0) is 20.5. The second kappa shape index (κ2) is 7.93. The molecular weight excluding hydrogens is 379 g/mol. The molecule has 0 saturated heterocycles. The van der Waals surface area contributed by atoms with Gasteiger partial charge in [-0.05, 0) is 81.1 Å². The molecule has 0 aliphatic heterocycles. The van der Waals surface area contributed by atoms with Crippen molar-refractivity contribution in [3.63, 3.8) is 0 Å². The molecule has 7 heteroatoms. The van der Waals surface area contributed by atoms with Crippen LogP contribution in [0.3, 0.4) is 0 Å². The third-order valence-corrected chi connectivity index (χ3v) is 6.63. The highest BCUT2D eigenvalue weighted by molar-refractivity contribution is 7.89. The first-order valence-electron chi connectivity index (χ1n) is 9.24. The Morgan fingerprint density at radius 1 is 1.11 bits per heavy atom. The predicted octanol–water partition coefficient (Wildman–Crippen LogP) is 4.15. The fourth-order valence-corrected chi connectivity index (χ4v) is 4.77. The topological polar surface area (TPSA) is 71.2 Å². The molecule has 2 aromatic carbocycles. The summed E-state index contributed by atoms with van der Waals surface area (Å²) in [6, 6.07) is 7.83. The van der Waals surface area contributed by atoms with Crippen LogP contribution in [0.4, 0.5) is 4.39 Å². The lowest BCUT2D eigenvalue weighted by atomic mass is 10.1. The summed E-state index contributed by atoms with van der Waals surface area (Å²) in [5, 5.41) is 0.782. The first kappa shape index (κ1) is 20.4. The Labute approximate surface area is 165 Å². The Morgan fingerprint density at radius 2 is 1.86 bits per heavy atom. The standard InChI is InChI=1S/C21H25FN2O3S/c1-5-27-20-8-9-21(14(3)13(20)2)28(25,26)23-11-10-17-15(4)24-19-7-6-16(22)12-18(17)19/h6-9,12,23-24H,5,10-11H2,1-4H3. The number of aromatic amines is 1. The van der Waals surface area contributed by atoms with Crippen LogP contribution in [-0.4, -0.2) is 26.6 Å². The molecule has 0 fully saturated rings. The average Bonchev–Trinajstić information content (AvgIpc) is 2.94. The lowest BCUT2D eigenvalue weighted by Gasteiger charge is -2.14. The quantitative estimate of drug-likeness (QED) is 0.621. The maximum absolute atomic E-state index is 13.6.